The number of rotatable bonds is 3. The summed E-state index contributed by atoms with van der Waals surface area (Å²) in [5, 5.41) is 0. The summed E-state index contributed by atoms with van der Waals surface area (Å²) >= 11 is 0. The van der Waals surface area contributed by atoms with E-state index in [2.05, 4.69) is 24.3 Å². The summed E-state index contributed by atoms with van der Waals surface area (Å²) in [6.07, 6.45) is 2.08. The molecule has 2 atom stereocenters. The highest BCUT2D eigenvalue weighted by atomic mass is 16.5. The maximum atomic E-state index is 12.4. The van der Waals surface area contributed by atoms with Crippen molar-refractivity contribution in [3.05, 3.63) is 65.2 Å². The largest absolute Gasteiger partial charge is 0.482 e. The molecule has 0 saturated heterocycles. The molecule has 4 rings (SSSR count). The van der Waals surface area contributed by atoms with Crippen molar-refractivity contribution in [1.29, 1.82) is 0 Å². The number of ether oxygens (including phenoxy) is 1. The van der Waals surface area contributed by atoms with Gasteiger partial charge in [-0.15, -0.1) is 0 Å². The Balaban J connectivity index is 1.44. The third-order valence-corrected chi connectivity index (χ3v) is 4.42. The maximum Gasteiger partial charge on any atom is 0.174 e. The van der Waals surface area contributed by atoms with Crippen molar-refractivity contribution < 1.29 is 9.53 Å². The van der Waals surface area contributed by atoms with Crippen molar-refractivity contribution in [2.75, 3.05) is 0 Å². The van der Waals surface area contributed by atoms with E-state index in [1.807, 2.05) is 24.3 Å². The van der Waals surface area contributed by atoms with Crippen LogP contribution in [0.3, 0.4) is 0 Å². The summed E-state index contributed by atoms with van der Waals surface area (Å²) < 4.78 is 5.78. The second-order valence-corrected chi connectivity index (χ2v) is 5.69. The lowest BCUT2D eigenvalue weighted by molar-refractivity contribution is -0.125. The zero-order valence-corrected chi connectivity index (χ0v) is 11.2. The van der Waals surface area contributed by atoms with Gasteiger partial charge in [0.25, 0.3) is 0 Å². The first kappa shape index (κ1) is 11.7. The van der Waals surface area contributed by atoms with Crippen LogP contribution in [0, 0.1) is 0 Å². The smallest absolute Gasteiger partial charge is 0.174 e. The fraction of sp³-hybridized carbons (Fsp3) is 0.278. The van der Waals surface area contributed by atoms with Crippen LogP contribution in [0.25, 0.3) is 0 Å². The average molecular weight is 264 g/mol. The minimum Gasteiger partial charge on any atom is -0.482 e. The SMILES string of the molecule is O=C(CC1Cc2ccccc21)C1Cc2ccccc2O1. The molecule has 0 bridgehead atoms. The van der Waals surface area contributed by atoms with Gasteiger partial charge < -0.3 is 4.74 Å². The summed E-state index contributed by atoms with van der Waals surface area (Å²) in [5.74, 6) is 1.51. The summed E-state index contributed by atoms with van der Waals surface area (Å²) in [5.41, 5.74) is 3.89. The lowest BCUT2D eigenvalue weighted by Gasteiger charge is -2.30. The van der Waals surface area contributed by atoms with Gasteiger partial charge in [0.15, 0.2) is 11.9 Å². The Morgan fingerprint density at radius 3 is 2.55 bits per heavy atom. The molecule has 2 nitrogen and oxygen atoms in total. The second-order valence-electron chi connectivity index (χ2n) is 5.69. The van der Waals surface area contributed by atoms with E-state index in [1.165, 1.54) is 11.1 Å². The second kappa shape index (κ2) is 4.48. The molecule has 2 aromatic carbocycles. The number of hydrogen-bond acceptors (Lipinski definition) is 2. The molecular weight excluding hydrogens is 248 g/mol. The van der Waals surface area contributed by atoms with Crippen molar-refractivity contribution >= 4 is 5.78 Å². The highest BCUT2D eigenvalue weighted by Crippen LogP contribution is 2.38. The lowest BCUT2D eigenvalue weighted by atomic mass is 9.74. The van der Waals surface area contributed by atoms with Gasteiger partial charge >= 0.3 is 0 Å². The third-order valence-electron chi connectivity index (χ3n) is 4.42. The number of ketones is 1. The van der Waals surface area contributed by atoms with E-state index < -0.39 is 0 Å². The molecule has 0 saturated carbocycles. The van der Waals surface area contributed by atoms with Gasteiger partial charge in [0, 0.05) is 12.8 Å². The molecule has 20 heavy (non-hydrogen) atoms. The molecule has 2 aromatic rings. The number of benzene rings is 2. The van der Waals surface area contributed by atoms with Crippen LogP contribution < -0.4 is 4.74 Å². The Labute approximate surface area is 118 Å². The molecule has 0 radical (unpaired) electrons. The fourth-order valence-electron chi connectivity index (χ4n) is 3.28. The Kier molecular flexibility index (Phi) is 2.62. The summed E-state index contributed by atoms with van der Waals surface area (Å²) in [6.45, 7) is 0. The Morgan fingerprint density at radius 2 is 1.75 bits per heavy atom. The number of hydrogen-bond donors (Lipinski definition) is 0. The van der Waals surface area contributed by atoms with Crippen molar-refractivity contribution in [3.8, 4) is 5.75 Å². The quantitative estimate of drug-likeness (QED) is 0.850. The molecule has 1 heterocycles. The van der Waals surface area contributed by atoms with Crippen molar-refractivity contribution in [2.24, 2.45) is 0 Å². The number of carbonyl (C=O) groups excluding carboxylic acids is 1. The summed E-state index contributed by atoms with van der Waals surface area (Å²) in [6, 6.07) is 16.3. The molecule has 2 aliphatic rings. The van der Waals surface area contributed by atoms with Crippen LogP contribution in [-0.4, -0.2) is 11.9 Å². The van der Waals surface area contributed by atoms with E-state index in [0.717, 1.165) is 24.2 Å². The predicted octanol–water partition coefficient (Wildman–Crippen LogP) is 3.29. The fourth-order valence-corrected chi connectivity index (χ4v) is 3.28. The number of Topliss-reactive ketones (excluding diaryl/α,β-unsaturated/α-hetero) is 1. The third kappa shape index (κ3) is 1.83. The summed E-state index contributed by atoms with van der Waals surface area (Å²) in [4.78, 5) is 12.4. The maximum absolute atomic E-state index is 12.4. The highest BCUT2D eigenvalue weighted by molar-refractivity contribution is 5.85. The Hall–Kier alpha value is -2.09. The first-order chi connectivity index (χ1) is 9.81. The Bertz CT molecular complexity index is 650. The zero-order chi connectivity index (χ0) is 13.5. The van der Waals surface area contributed by atoms with Crippen LogP contribution in [0.1, 0.15) is 29.0 Å². The molecule has 0 amide bonds. The molecule has 0 aromatic heterocycles. The highest BCUT2D eigenvalue weighted by Gasteiger charge is 2.33. The van der Waals surface area contributed by atoms with Crippen LogP contribution in [0.15, 0.2) is 48.5 Å². The van der Waals surface area contributed by atoms with Gasteiger partial charge in [-0.2, -0.15) is 0 Å². The first-order valence-corrected chi connectivity index (χ1v) is 7.16. The molecular formula is C18H16O2. The van der Waals surface area contributed by atoms with Gasteiger partial charge in [0.05, 0.1) is 0 Å². The molecule has 100 valence electrons. The van der Waals surface area contributed by atoms with Gasteiger partial charge in [0.1, 0.15) is 5.75 Å². The van der Waals surface area contributed by atoms with Gasteiger partial charge in [-0.3, -0.25) is 4.79 Å². The number of carbonyl (C=O) groups is 1. The van der Waals surface area contributed by atoms with Crippen LogP contribution in [0.5, 0.6) is 5.75 Å². The van der Waals surface area contributed by atoms with E-state index in [4.69, 9.17) is 4.74 Å². The number of fused-ring (bicyclic) bond motifs is 2. The molecule has 2 heteroatoms. The van der Waals surface area contributed by atoms with E-state index in [9.17, 15) is 4.79 Å². The van der Waals surface area contributed by atoms with Crippen LogP contribution >= 0.6 is 0 Å². The van der Waals surface area contributed by atoms with Crippen LogP contribution in [0.4, 0.5) is 0 Å². The summed E-state index contributed by atoms with van der Waals surface area (Å²) in [7, 11) is 0. The monoisotopic (exact) mass is 264 g/mol. The lowest BCUT2D eigenvalue weighted by Crippen LogP contribution is -2.29. The minimum atomic E-state index is -0.278. The Morgan fingerprint density at radius 1 is 1.00 bits per heavy atom. The standard InChI is InChI=1S/C18H16O2/c19-16(10-14-9-12-5-1-3-7-15(12)14)18-11-13-6-2-4-8-17(13)20-18/h1-8,14,18H,9-11H2. The van der Waals surface area contributed by atoms with Crippen LogP contribution in [-0.2, 0) is 17.6 Å². The van der Waals surface area contributed by atoms with E-state index in [-0.39, 0.29) is 11.9 Å². The molecule has 2 unspecified atom stereocenters. The predicted molar refractivity (Wildman–Crippen MR) is 77.1 cm³/mol. The van der Waals surface area contributed by atoms with Crippen molar-refractivity contribution in [1.82, 2.24) is 0 Å². The van der Waals surface area contributed by atoms with Gasteiger partial charge in [-0.05, 0) is 35.1 Å². The molecule has 1 aliphatic heterocycles. The topological polar surface area (TPSA) is 26.3 Å². The first-order valence-electron chi connectivity index (χ1n) is 7.16. The van der Waals surface area contributed by atoms with Gasteiger partial charge in [0.2, 0.25) is 0 Å². The van der Waals surface area contributed by atoms with E-state index in [0.29, 0.717) is 12.3 Å². The normalized spacial score (nSPS) is 22.4. The van der Waals surface area contributed by atoms with Crippen LogP contribution in [0.2, 0.25) is 0 Å². The molecule has 1 aliphatic carbocycles. The molecule has 0 fully saturated rings. The van der Waals surface area contributed by atoms with Crippen molar-refractivity contribution in [2.45, 2.75) is 31.3 Å². The average Bonchev–Trinajstić information content (AvgIpc) is 2.88. The molecule has 0 N–H and O–H groups in total. The van der Waals surface area contributed by atoms with E-state index >= 15 is 0 Å². The zero-order valence-electron chi connectivity index (χ0n) is 11.2. The van der Waals surface area contributed by atoms with Gasteiger partial charge in [-0.1, -0.05) is 42.5 Å². The van der Waals surface area contributed by atoms with Crippen molar-refractivity contribution in [3.63, 3.8) is 0 Å². The number of para-hydroxylation sites is 1. The van der Waals surface area contributed by atoms with E-state index in [1.54, 1.807) is 0 Å². The minimum absolute atomic E-state index is 0.237. The molecule has 0 spiro atoms. The van der Waals surface area contributed by atoms with Gasteiger partial charge in [-0.25, -0.2) is 0 Å².